The summed E-state index contributed by atoms with van der Waals surface area (Å²) in [6.45, 7) is 5.90. The number of fused-ring (bicyclic) bond motifs is 1. The summed E-state index contributed by atoms with van der Waals surface area (Å²) in [5.41, 5.74) is 4.80. The van der Waals surface area contributed by atoms with Crippen molar-refractivity contribution in [1.82, 2.24) is 14.4 Å². The molecule has 0 fully saturated rings. The Kier molecular flexibility index (Phi) is 6.55. The molecule has 0 aliphatic heterocycles. The lowest BCUT2D eigenvalue weighted by molar-refractivity contribution is 0.447. The van der Waals surface area contributed by atoms with Gasteiger partial charge in [-0.2, -0.15) is 0 Å². The van der Waals surface area contributed by atoms with Crippen LogP contribution in [0.1, 0.15) is 6.92 Å². The molecule has 0 unspecified atom stereocenters. The lowest BCUT2D eigenvalue weighted by atomic mass is 10.1. The zero-order chi connectivity index (χ0) is 23.2. The Morgan fingerprint density at radius 3 is 2.36 bits per heavy atom. The zero-order valence-corrected chi connectivity index (χ0v) is 19.0. The molecule has 2 aromatic heterocycles. The second kappa shape index (κ2) is 9.87. The number of hydrogen-bond acceptors (Lipinski definition) is 5. The van der Waals surface area contributed by atoms with Gasteiger partial charge >= 0.3 is 0 Å². The fourth-order valence-corrected chi connectivity index (χ4v) is 3.55. The number of hydrogen-bond donors (Lipinski definition) is 2. The number of allylic oxidation sites excluding steroid dienone is 4. The van der Waals surface area contributed by atoms with Crippen LogP contribution < -0.4 is 15.4 Å². The lowest BCUT2D eigenvalue weighted by Crippen LogP contribution is -1.98. The maximum absolute atomic E-state index is 5.81. The standard InChI is InChI=1S/C27H27N5O/c1-5-6-7-8-19(2)33-23-15-11-20(12-16-23)24-25-26(29-4)30-17-18-32(25)27(31-24)21-9-13-22(28-3)14-10-21/h5-18,28H,2H2,1,3-4H3,(H,29,30)/b6-5-,8-7-. The summed E-state index contributed by atoms with van der Waals surface area (Å²) in [7, 11) is 3.77. The fraction of sp³-hybridized carbons (Fsp3) is 0.111. The molecule has 0 saturated heterocycles. The highest BCUT2D eigenvalue weighted by atomic mass is 16.5. The van der Waals surface area contributed by atoms with Crippen molar-refractivity contribution >= 4 is 17.0 Å². The van der Waals surface area contributed by atoms with Gasteiger partial charge in [0.05, 0.1) is 0 Å². The van der Waals surface area contributed by atoms with E-state index < -0.39 is 0 Å². The van der Waals surface area contributed by atoms with E-state index in [9.17, 15) is 0 Å². The quantitative estimate of drug-likeness (QED) is 0.255. The van der Waals surface area contributed by atoms with E-state index in [-0.39, 0.29) is 0 Å². The number of nitrogens with one attached hydrogen (secondary N) is 2. The predicted molar refractivity (Wildman–Crippen MR) is 137 cm³/mol. The molecule has 2 heterocycles. The second-order valence-electron chi connectivity index (χ2n) is 7.33. The number of ether oxygens (including phenoxy) is 1. The molecule has 2 N–H and O–H groups in total. The summed E-state index contributed by atoms with van der Waals surface area (Å²) >= 11 is 0. The molecule has 0 aliphatic rings. The zero-order valence-electron chi connectivity index (χ0n) is 19.0. The van der Waals surface area contributed by atoms with Crippen LogP contribution in [-0.4, -0.2) is 28.5 Å². The summed E-state index contributed by atoms with van der Waals surface area (Å²) in [5.74, 6) is 2.90. The second-order valence-corrected chi connectivity index (χ2v) is 7.33. The van der Waals surface area contributed by atoms with Gasteiger partial charge in [-0.3, -0.25) is 4.40 Å². The Morgan fingerprint density at radius 1 is 0.970 bits per heavy atom. The Labute approximate surface area is 194 Å². The third kappa shape index (κ3) is 4.65. The van der Waals surface area contributed by atoms with E-state index in [0.29, 0.717) is 11.5 Å². The molecule has 0 saturated carbocycles. The van der Waals surface area contributed by atoms with Crippen LogP contribution in [0.15, 0.2) is 97.6 Å². The molecular weight excluding hydrogens is 410 g/mol. The summed E-state index contributed by atoms with van der Waals surface area (Å²) in [6, 6.07) is 16.1. The first kappa shape index (κ1) is 21.9. The van der Waals surface area contributed by atoms with Crippen LogP contribution in [0.4, 0.5) is 11.5 Å². The topological polar surface area (TPSA) is 63.5 Å². The largest absolute Gasteiger partial charge is 0.458 e. The molecule has 0 atom stereocenters. The van der Waals surface area contributed by atoms with Crippen molar-refractivity contribution in [1.29, 1.82) is 0 Å². The van der Waals surface area contributed by atoms with Crippen LogP contribution in [0.25, 0.3) is 28.2 Å². The Bertz CT molecular complexity index is 1320. The van der Waals surface area contributed by atoms with Gasteiger partial charge in [0.15, 0.2) is 5.82 Å². The van der Waals surface area contributed by atoms with Crippen LogP contribution in [0.2, 0.25) is 0 Å². The maximum Gasteiger partial charge on any atom is 0.152 e. The molecule has 166 valence electrons. The highest BCUT2D eigenvalue weighted by Gasteiger charge is 2.18. The van der Waals surface area contributed by atoms with Gasteiger partial charge < -0.3 is 15.4 Å². The van der Waals surface area contributed by atoms with Gasteiger partial charge in [0.2, 0.25) is 0 Å². The number of aromatic nitrogens is 3. The van der Waals surface area contributed by atoms with Crippen molar-refractivity contribution in [2.45, 2.75) is 6.92 Å². The number of rotatable bonds is 8. The number of imidazole rings is 1. The minimum atomic E-state index is 0.572. The molecule has 0 aliphatic carbocycles. The predicted octanol–water partition coefficient (Wildman–Crippen LogP) is 6.17. The van der Waals surface area contributed by atoms with E-state index in [1.807, 2.05) is 87.9 Å². The van der Waals surface area contributed by atoms with Crippen molar-refractivity contribution < 1.29 is 4.74 Å². The highest BCUT2D eigenvalue weighted by molar-refractivity contribution is 5.89. The van der Waals surface area contributed by atoms with Gasteiger partial charge in [-0.15, -0.1) is 0 Å². The molecule has 0 amide bonds. The minimum Gasteiger partial charge on any atom is -0.458 e. The summed E-state index contributed by atoms with van der Waals surface area (Å²) in [6.07, 6.45) is 11.3. The molecule has 6 heteroatoms. The third-order valence-electron chi connectivity index (χ3n) is 5.19. The first-order chi connectivity index (χ1) is 16.1. The van der Waals surface area contributed by atoms with Crippen LogP contribution in [-0.2, 0) is 0 Å². The van der Waals surface area contributed by atoms with Crippen LogP contribution in [0.3, 0.4) is 0 Å². The molecule has 6 nitrogen and oxygen atoms in total. The molecule has 33 heavy (non-hydrogen) atoms. The normalized spacial score (nSPS) is 11.4. The van der Waals surface area contributed by atoms with Crippen molar-refractivity contribution in [2.75, 3.05) is 24.7 Å². The van der Waals surface area contributed by atoms with Gasteiger partial charge in [-0.1, -0.05) is 24.8 Å². The van der Waals surface area contributed by atoms with Crippen molar-refractivity contribution in [3.8, 4) is 28.4 Å². The van der Waals surface area contributed by atoms with Crippen LogP contribution >= 0.6 is 0 Å². The first-order valence-electron chi connectivity index (χ1n) is 10.7. The highest BCUT2D eigenvalue weighted by Crippen LogP contribution is 2.34. The number of benzene rings is 2. The first-order valence-corrected chi connectivity index (χ1v) is 10.7. The van der Waals surface area contributed by atoms with Gasteiger partial charge in [0, 0.05) is 43.3 Å². The van der Waals surface area contributed by atoms with Crippen LogP contribution in [0, 0.1) is 0 Å². The summed E-state index contributed by atoms with van der Waals surface area (Å²) in [4.78, 5) is 9.53. The van der Waals surface area contributed by atoms with Gasteiger partial charge in [0.25, 0.3) is 0 Å². The van der Waals surface area contributed by atoms with Crippen molar-refractivity contribution in [3.63, 3.8) is 0 Å². The SMILES string of the molecule is C=C(/C=C\C=C/C)Oc1ccc(-c2nc(-c3ccc(NC)cc3)n3ccnc(NC)c23)cc1. The summed E-state index contributed by atoms with van der Waals surface area (Å²) in [5, 5.41) is 6.35. The third-order valence-corrected chi connectivity index (χ3v) is 5.19. The van der Waals surface area contributed by atoms with Gasteiger partial charge in [0.1, 0.15) is 28.5 Å². The van der Waals surface area contributed by atoms with E-state index in [0.717, 1.165) is 39.7 Å². The van der Waals surface area contributed by atoms with E-state index >= 15 is 0 Å². The molecule has 4 aromatic rings. The molecular formula is C27H27N5O. The van der Waals surface area contributed by atoms with Gasteiger partial charge in [-0.05, 0) is 61.5 Å². The van der Waals surface area contributed by atoms with E-state index in [1.165, 1.54) is 0 Å². The van der Waals surface area contributed by atoms with Crippen molar-refractivity contribution in [2.24, 2.45) is 0 Å². The summed E-state index contributed by atoms with van der Waals surface area (Å²) < 4.78 is 7.88. The Balaban J connectivity index is 1.73. The number of nitrogens with zero attached hydrogens (tertiary/aromatic N) is 3. The smallest absolute Gasteiger partial charge is 0.152 e. The van der Waals surface area contributed by atoms with Gasteiger partial charge in [-0.25, -0.2) is 9.97 Å². The van der Waals surface area contributed by atoms with E-state index in [2.05, 4.69) is 38.7 Å². The Hall–Kier alpha value is -4.32. The van der Waals surface area contributed by atoms with E-state index in [4.69, 9.17) is 9.72 Å². The molecule has 0 radical (unpaired) electrons. The molecule has 0 bridgehead atoms. The fourth-order valence-electron chi connectivity index (χ4n) is 3.55. The van der Waals surface area contributed by atoms with Crippen LogP contribution in [0.5, 0.6) is 5.75 Å². The Morgan fingerprint density at radius 2 is 1.70 bits per heavy atom. The molecule has 2 aromatic carbocycles. The molecule has 0 spiro atoms. The minimum absolute atomic E-state index is 0.572. The van der Waals surface area contributed by atoms with Crippen molar-refractivity contribution in [3.05, 3.63) is 97.6 Å². The maximum atomic E-state index is 5.81. The van der Waals surface area contributed by atoms with E-state index in [1.54, 1.807) is 6.20 Å². The monoisotopic (exact) mass is 437 g/mol. The average Bonchev–Trinajstić information content (AvgIpc) is 3.24. The lowest BCUT2D eigenvalue weighted by Gasteiger charge is -2.07. The molecule has 4 rings (SSSR count). The number of anilines is 2. The average molecular weight is 438 g/mol.